The fourth-order valence-corrected chi connectivity index (χ4v) is 3.87. The zero-order valence-corrected chi connectivity index (χ0v) is 14.6. The zero-order valence-electron chi connectivity index (χ0n) is 12.9. The van der Waals surface area contributed by atoms with Gasteiger partial charge in [-0.3, -0.25) is 19.0 Å². The van der Waals surface area contributed by atoms with Crippen LogP contribution in [0, 0.1) is 0 Å². The summed E-state index contributed by atoms with van der Waals surface area (Å²) in [6, 6.07) is 5.31. The number of carbonyl (C=O) groups is 2. The number of carbonyl (C=O) groups excluding carboxylic acids is 2. The van der Waals surface area contributed by atoms with Gasteiger partial charge >= 0.3 is 5.69 Å². The van der Waals surface area contributed by atoms with Gasteiger partial charge in [0.2, 0.25) is 11.8 Å². The van der Waals surface area contributed by atoms with Crippen LogP contribution in [-0.4, -0.2) is 20.9 Å². The lowest BCUT2D eigenvalue weighted by molar-refractivity contribution is -0.122. The number of nitrogens with two attached hydrogens (primary N) is 1. The smallest absolute Gasteiger partial charge is 0.332 e. The van der Waals surface area contributed by atoms with Crippen LogP contribution in [0.2, 0.25) is 0 Å². The van der Waals surface area contributed by atoms with Crippen molar-refractivity contribution in [3.05, 3.63) is 54.7 Å². The van der Waals surface area contributed by atoms with E-state index in [1.807, 2.05) is 17.5 Å². The first-order chi connectivity index (χ1) is 12.0. The van der Waals surface area contributed by atoms with Gasteiger partial charge < -0.3 is 11.1 Å². The minimum Gasteiger partial charge on any atom is -0.368 e. The van der Waals surface area contributed by atoms with Gasteiger partial charge in [-0.15, -0.1) is 22.7 Å². The molecule has 10 heteroatoms. The van der Waals surface area contributed by atoms with Crippen molar-refractivity contribution in [3.8, 4) is 0 Å². The second-order valence-corrected chi connectivity index (χ2v) is 7.17. The van der Waals surface area contributed by atoms with Gasteiger partial charge in [-0.2, -0.15) is 0 Å². The van der Waals surface area contributed by atoms with Crippen molar-refractivity contribution in [2.75, 3.05) is 0 Å². The fourth-order valence-electron chi connectivity index (χ4n) is 2.38. The highest BCUT2D eigenvalue weighted by atomic mass is 32.1. The molecule has 2 amide bonds. The Morgan fingerprint density at radius 2 is 1.88 bits per heavy atom. The van der Waals surface area contributed by atoms with Crippen molar-refractivity contribution in [2.24, 2.45) is 5.73 Å². The van der Waals surface area contributed by atoms with Crippen molar-refractivity contribution < 1.29 is 9.59 Å². The summed E-state index contributed by atoms with van der Waals surface area (Å²) in [6.45, 7) is -0.458. The van der Waals surface area contributed by atoms with E-state index in [9.17, 15) is 19.2 Å². The third-order valence-electron chi connectivity index (χ3n) is 3.49. The van der Waals surface area contributed by atoms with Crippen LogP contribution in [0.5, 0.6) is 0 Å². The van der Waals surface area contributed by atoms with Gasteiger partial charge in [0.05, 0.1) is 12.1 Å². The van der Waals surface area contributed by atoms with Crippen LogP contribution >= 0.6 is 22.7 Å². The Morgan fingerprint density at radius 3 is 2.56 bits per heavy atom. The predicted octanol–water partition coefficient (Wildman–Crippen LogP) is 0.0879. The van der Waals surface area contributed by atoms with E-state index < -0.39 is 29.6 Å². The molecular weight excluding hydrogens is 364 g/mol. The van der Waals surface area contributed by atoms with Crippen molar-refractivity contribution in [3.63, 3.8) is 0 Å². The van der Waals surface area contributed by atoms with E-state index in [-0.39, 0.29) is 6.54 Å². The summed E-state index contributed by atoms with van der Waals surface area (Å²) in [5.74, 6) is -1.17. The SMILES string of the molecule is NC(=O)Cn1c(=O)n(CC(=O)NCc2cccs2)c(=O)c2sccc21. The number of rotatable bonds is 6. The predicted molar refractivity (Wildman–Crippen MR) is 95.7 cm³/mol. The molecule has 0 aliphatic carbocycles. The molecule has 0 aliphatic rings. The number of amides is 2. The standard InChI is InChI=1S/C15H14N4O4S2/c16-11(20)7-18-10-3-5-25-13(10)14(22)19(15(18)23)8-12(21)17-6-9-2-1-4-24-9/h1-5H,6-8H2,(H2,16,20)(H,17,21). The summed E-state index contributed by atoms with van der Waals surface area (Å²) in [4.78, 5) is 49.3. The summed E-state index contributed by atoms with van der Waals surface area (Å²) < 4.78 is 2.24. The Bertz CT molecular complexity index is 1050. The van der Waals surface area contributed by atoms with E-state index in [0.29, 0.717) is 16.8 Å². The maximum Gasteiger partial charge on any atom is 0.332 e. The van der Waals surface area contributed by atoms with Crippen LogP contribution in [0.1, 0.15) is 4.88 Å². The molecule has 0 atom stereocenters. The second-order valence-electron chi connectivity index (χ2n) is 5.22. The Morgan fingerprint density at radius 1 is 1.08 bits per heavy atom. The minimum atomic E-state index is -0.735. The highest BCUT2D eigenvalue weighted by Gasteiger charge is 2.17. The number of thiophene rings is 2. The molecule has 25 heavy (non-hydrogen) atoms. The Labute approximate surface area is 149 Å². The van der Waals surface area contributed by atoms with Crippen molar-refractivity contribution in [2.45, 2.75) is 19.6 Å². The van der Waals surface area contributed by atoms with Gasteiger partial charge in [0.15, 0.2) is 0 Å². The van der Waals surface area contributed by atoms with E-state index in [1.54, 1.807) is 11.4 Å². The van der Waals surface area contributed by atoms with Crippen LogP contribution in [0.15, 0.2) is 38.5 Å². The largest absolute Gasteiger partial charge is 0.368 e. The third kappa shape index (κ3) is 3.54. The molecule has 0 aromatic carbocycles. The van der Waals surface area contributed by atoms with E-state index in [1.165, 1.54) is 11.3 Å². The molecule has 3 N–H and O–H groups in total. The number of fused-ring (bicyclic) bond motifs is 1. The molecule has 0 fully saturated rings. The van der Waals surface area contributed by atoms with Gasteiger partial charge in [0, 0.05) is 4.88 Å². The summed E-state index contributed by atoms with van der Waals surface area (Å²) in [6.07, 6.45) is 0. The summed E-state index contributed by atoms with van der Waals surface area (Å²) in [5, 5.41) is 6.20. The molecule has 8 nitrogen and oxygen atoms in total. The molecule has 3 aromatic rings. The molecule has 3 aromatic heterocycles. The normalized spacial score (nSPS) is 10.9. The molecule has 3 heterocycles. The van der Waals surface area contributed by atoms with Crippen LogP contribution < -0.4 is 22.3 Å². The highest BCUT2D eigenvalue weighted by molar-refractivity contribution is 7.17. The van der Waals surface area contributed by atoms with Crippen molar-refractivity contribution >= 4 is 44.7 Å². The monoisotopic (exact) mass is 378 g/mol. The molecule has 3 rings (SSSR count). The number of aromatic nitrogens is 2. The van der Waals surface area contributed by atoms with E-state index in [2.05, 4.69) is 5.32 Å². The van der Waals surface area contributed by atoms with Crippen molar-refractivity contribution in [1.82, 2.24) is 14.5 Å². The lowest BCUT2D eigenvalue weighted by Crippen LogP contribution is -2.44. The van der Waals surface area contributed by atoms with Gasteiger partial charge in [-0.05, 0) is 22.9 Å². The maximum atomic E-state index is 12.6. The summed E-state index contributed by atoms with van der Waals surface area (Å²) >= 11 is 2.63. The molecule has 130 valence electrons. The van der Waals surface area contributed by atoms with E-state index in [4.69, 9.17) is 5.73 Å². The molecule has 0 unspecified atom stereocenters. The lowest BCUT2D eigenvalue weighted by atomic mass is 10.4. The van der Waals surface area contributed by atoms with Crippen LogP contribution in [-0.2, 0) is 29.2 Å². The summed E-state index contributed by atoms with van der Waals surface area (Å²) in [7, 11) is 0. The Hall–Kier alpha value is -2.72. The second kappa shape index (κ2) is 7.03. The average Bonchev–Trinajstić information content (AvgIpc) is 3.24. The first-order valence-corrected chi connectivity index (χ1v) is 9.01. The van der Waals surface area contributed by atoms with E-state index in [0.717, 1.165) is 25.3 Å². The molecule has 0 saturated heterocycles. The Kier molecular flexibility index (Phi) is 4.81. The molecule has 0 spiro atoms. The molecule has 0 aliphatic heterocycles. The van der Waals surface area contributed by atoms with Gasteiger partial charge in [0.25, 0.3) is 5.56 Å². The van der Waals surface area contributed by atoms with Crippen LogP contribution in [0.3, 0.4) is 0 Å². The van der Waals surface area contributed by atoms with Crippen LogP contribution in [0.25, 0.3) is 10.2 Å². The fraction of sp³-hybridized carbons (Fsp3) is 0.200. The third-order valence-corrected chi connectivity index (χ3v) is 5.26. The lowest BCUT2D eigenvalue weighted by Gasteiger charge is -2.11. The van der Waals surface area contributed by atoms with Gasteiger partial charge in [-0.25, -0.2) is 9.36 Å². The first-order valence-electron chi connectivity index (χ1n) is 7.25. The number of hydrogen-bond acceptors (Lipinski definition) is 6. The Balaban J connectivity index is 1.92. The minimum absolute atomic E-state index is 0.298. The molecule has 0 radical (unpaired) electrons. The molecule has 0 saturated carbocycles. The number of hydrogen-bond donors (Lipinski definition) is 2. The molecular formula is C15H14N4O4S2. The van der Waals surface area contributed by atoms with Crippen LogP contribution in [0.4, 0.5) is 0 Å². The topological polar surface area (TPSA) is 116 Å². The molecule has 0 bridgehead atoms. The quantitative estimate of drug-likeness (QED) is 0.632. The van der Waals surface area contributed by atoms with Gasteiger partial charge in [0.1, 0.15) is 17.8 Å². The number of nitrogens with one attached hydrogen (secondary N) is 1. The zero-order chi connectivity index (χ0) is 18.0. The number of primary amides is 1. The average molecular weight is 378 g/mol. The van der Waals surface area contributed by atoms with Crippen molar-refractivity contribution in [1.29, 1.82) is 0 Å². The highest BCUT2D eigenvalue weighted by Crippen LogP contribution is 2.15. The summed E-state index contributed by atoms with van der Waals surface area (Å²) in [5.41, 5.74) is 4.24. The first kappa shape index (κ1) is 17.1. The van der Waals surface area contributed by atoms with E-state index >= 15 is 0 Å². The maximum absolute atomic E-state index is 12.6. The number of nitrogens with zero attached hydrogens (tertiary/aromatic N) is 2. The van der Waals surface area contributed by atoms with Gasteiger partial charge in [-0.1, -0.05) is 6.07 Å².